The maximum absolute atomic E-state index is 13.7. The zero-order valence-corrected chi connectivity index (χ0v) is 30.8. The minimum absolute atomic E-state index is 0.0465. The minimum atomic E-state index is -3.64. The van der Waals surface area contributed by atoms with Crippen LogP contribution in [0.15, 0.2) is 24.4 Å². The van der Waals surface area contributed by atoms with Crippen LogP contribution < -0.4 is 4.90 Å². The molecule has 16 heteroatoms. The zero-order valence-electron chi connectivity index (χ0n) is 28.4. The van der Waals surface area contributed by atoms with Crippen molar-refractivity contribution in [3.63, 3.8) is 0 Å². The van der Waals surface area contributed by atoms with E-state index in [0.717, 1.165) is 11.1 Å². The van der Waals surface area contributed by atoms with Gasteiger partial charge in [0, 0.05) is 5.02 Å². The molecule has 0 radical (unpaired) electrons. The highest BCUT2D eigenvalue weighted by molar-refractivity contribution is 7.53. The van der Waals surface area contributed by atoms with Gasteiger partial charge in [0.15, 0.2) is 17.7 Å². The molecular formula is C32H42Cl2N5O8P. The molecule has 6 heterocycles. The molecule has 1 aromatic carbocycles. The average molecular weight is 727 g/mol. The van der Waals surface area contributed by atoms with Gasteiger partial charge in [0.25, 0.3) is 0 Å². The number of fused-ring (bicyclic) bond motifs is 4. The first kappa shape index (κ1) is 34.5. The fourth-order valence-corrected chi connectivity index (χ4v) is 9.39. The number of hydrogen-bond donors (Lipinski definition) is 0. The predicted molar refractivity (Wildman–Crippen MR) is 178 cm³/mol. The summed E-state index contributed by atoms with van der Waals surface area (Å²) in [5.74, 6) is -0.232. The van der Waals surface area contributed by atoms with E-state index in [4.69, 9.17) is 61.0 Å². The Labute approximate surface area is 289 Å². The molecule has 4 aliphatic heterocycles. The van der Waals surface area contributed by atoms with E-state index in [1.165, 1.54) is 0 Å². The molecule has 3 fully saturated rings. The topological polar surface area (TPSA) is 129 Å². The van der Waals surface area contributed by atoms with Crippen LogP contribution in [0.1, 0.15) is 72.7 Å². The summed E-state index contributed by atoms with van der Waals surface area (Å²) in [5, 5.41) is 6.17. The van der Waals surface area contributed by atoms with Crippen molar-refractivity contribution in [3.05, 3.63) is 45.8 Å². The molecule has 0 saturated carbocycles. The average Bonchev–Trinajstić information content (AvgIpc) is 3.65. The van der Waals surface area contributed by atoms with Crippen LogP contribution in [0.3, 0.4) is 0 Å². The van der Waals surface area contributed by atoms with E-state index in [-0.39, 0.29) is 18.2 Å². The van der Waals surface area contributed by atoms with Crippen LogP contribution >= 0.6 is 30.8 Å². The van der Waals surface area contributed by atoms with Gasteiger partial charge in [-0.2, -0.15) is 15.1 Å². The Morgan fingerprint density at radius 1 is 1.02 bits per heavy atom. The van der Waals surface area contributed by atoms with E-state index < -0.39 is 54.7 Å². The molecule has 4 aliphatic rings. The van der Waals surface area contributed by atoms with E-state index in [1.54, 1.807) is 10.9 Å². The summed E-state index contributed by atoms with van der Waals surface area (Å²) >= 11 is 12.7. The SMILES string of the molecule is CC(C)(C)OP(=O)(COC[C@H]1O[C@@H](n2ncc3c(N4CC5(C4)OCc4cc(Cl)ccc45)nc(Cl)nc32)[C@@H]2OC(C)(C)O[C@@H]21)OC(C)(C)C. The quantitative estimate of drug-likeness (QED) is 0.183. The summed E-state index contributed by atoms with van der Waals surface area (Å²) in [5.41, 5.74) is 0.875. The van der Waals surface area contributed by atoms with E-state index >= 15 is 0 Å². The summed E-state index contributed by atoms with van der Waals surface area (Å²) in [6.45, 7) is 16.3. The third kappa shape index (κ3) is 6.64. The van der Waals surface area contributed by atoms with Gasteiger partial charge >= 0.3 is 7.60 Å². The van der Waals surface area contributed by atoms with Gasteiger partial charge in [-0.25, -0.2) is 4.68 Å². The van der Waals surface area contributed by atoms with Crippen molar-refractivity contribution in [2.75, 3.05) is 30.9 Å². The van der Waals surface area contributed by atoms with Crippen molar-refractivity contribution in [1.29, 1.82) is 0 Å². The highest BCUT2D eigenvalue weighted by atomic mass is 35.5. The van der Waals surface area contributed by atoms with E-state index in [9.17, 15) is 4.57 Å². The third-order valence-electron chi connectivity index (χ3n) is 8.38. The van der Waals surface area contributed by atoms with Crippen molar-refractivity contribution < 1.29 is 37.3 Å². The van der Waals surface area contributed by atoms with Crippen LogP contribution in [0.2, 0.25) is 10.3 Å². The molecule has 0 N–H and O–H groups in total. The maximum atomic E-state index is 13.7. The largest absolute Gasteiger partial charge is 0.366 e. The molecule has 4 atom stereocenters. The molecule has 262 valence electrons. The van der Waals surface area contributed by atoms with Crippen molar-refractivity contribution in [2.24, 2.45) is 0 Å². The van der Waals surface area contributed by atoms with Crippen LogP contribution in [-0.4, -0.2) is 81.1 Å². The van der Waals surface area contributed by atoms with Crippen LogP contribution in [0, 0.1) is 0 Å². The molecule has 0 bridgehead atoms. The molecule has 0 aliphatic carbocycles. The van der Waals surface area contributed by atoms with Gasteiger partial charge in [-0.15, -0.1) is 0 Å². The van der Waals surface area contributed by atoms with Crippen molar-refractivity contribution in [2.45, 2.75) is 109 Å². The zero-order chi connectivity index (χ0) is 34.4. The smallest absolute Gasteiger partial charge is 0.357 e. The summed E-state index contributed by atoms with van der Waals surface area (Å²) in [7, 11) is -3.64. The lowest BCUT2D eigenvalue weighted by Gasteiger charge is -2.48. The number of halogens is 2. The molecule has 0 unspecified atom stereocenters. The Hall–Kier alpha value is -1.90. The van der Waals surface area contributed by atoms with Crippen molar-refractivity contribution in [1.82, 2.24) is 19.7 Å². The first-order valence-electron chi connectivity index (χ1n) is 16.0. The third-order valence-corrected chi connectivity index (χ3v) is 10.9. The second-order valence-corrected chi connectivity index (χ2v) is 17.9. The van der Waals surface area contributed by atoms with Gasteiger partial charge in [-0.3, -0.25) is 4.57 Å². The summed E-state index contributed by atoms with van der Waals surface area (Å²) in [4.78, 5) is 11.3. The van der Waals surface area contributed by atoms with Gasteiger partial charge in [0.05, 0.1) is 49.1 Å². The number of nitrogens with zero attached hydrogens (tertiary/aromatic N) is 5. The lowest BCUT2D eigenvalue weighted by atomic mass is 9.85. The first-order valence-corrected chi connectivity index (χ1v) is 18.5. The molecule has 2 aromatic heterocycles. The highest BCUT2D eigenvalue weighted by Gasteiger charge is 2.57. The molecule has 13 nitrogen and oxygen atoms in total. The minimum Gasteiger partial charge on any atom is -0.366 e. The summed E-state index contributed by atoms with van der Waals surface area (Å²) in [6.07, 6.45) is -0.900. The number of ether oxygens (including phenoxy) is 5. The van der Waals surface area contributed by atoms with Crippen LogP contribution in [-0.2, 0) is 49.5 Å². The fraction of sp³-hybridized carbons (Fsp3) is 0.656. The van der Waals surface area contributed by atoms with Crippen LogP contribution in [0.4, 0.5) is 5.82 Å². The van der Waals surface area contributed by atoms with Gasteiger partial charge < -0.3 is 37.6 Å². The molecule has 3 saturated heterocycles. The van der Waals surface area contributed by atoms with Gasteiger partial charge in [-0.1, -0.05) is 17.7 Å². The number of aromatic nitrogens is 4. The Kier molecular flexibility index (Phi) is 8.52. The van der Waals surface area contributed by atoms with E-state index in [2.05, 4.69) is 14.9 Å². The molecule has 7 rings (SSSR count). The van der Waals surface area contributed by atoms with Crippen LogP contribution in [0.5, 0.6) is 0 Å². The Morgan fingerprint density at radius 2 is 1.71 bits per heavy atom. The molecule has 0 amide bonds. The summed E-state index contributed by atoms with van der Waals surface area (Å²) in [6, 6.07) is 5.89. The number of rotatable bonds is 8. The van der Waals surface area contributed by atoms with Crippen molar-refractivity contribution in [3.8, 4) is 0 Å². The molecule has 1 spiro atoms. The Morgan fingerprint density at radius 3 is 2.40 bits per heavy atom. The van der Waals surface area contributed by atoms with Gasteiger partial charge in [-0.05, 0) is 90.3 Å². The van der Waals surface area contributed by atoms with Gasteiger partial charge in [0.1, 0.15) is 36.1 Å². The van der Waals surface area contributed by atoms with Crippen LogP contribution in [0.25, 0.3) is 11.0 Å². The predicted octanol–water partition coefficient (Wildman–Crippen LogP) is 6.59. The second kappa shape index (κ2) is 11.8. The second-order valence-electron chi connectivity index (χ2n) is 15.2. The van der Waals surface area contributed by atoms with E-state index in [1.807, 2.05) is 73.6 Å². The monoisotopic (exact) mass is 725 g/mol. The summed E-state index contributed by atoms with van der Waals surface area (Å²) < 4.78 is 58.5. The number of anilines is 1. The fourth-order valence-electron chi connectivity index (χ4n) is 6.89. The van der Waals surface area contributed by atoms with Gasteiger partial charge in [0.2, 0.25) is 5.28 Å². The maximum Gasteiger partial charge on any atom is 0.357 e. The Bertz CT molecular complexity index is 1750. The highest BCUT2D eigenvalue weighted by Crippen LogP contribution is 2.55. The lowest BCUT2D eigenvalue weighted by Crippen LogP contribution is -2.59. The lowest BCUT2D eigenvalue weighted by molar-refractivity contribution is -0.202. The Balaban J connectivity index is 1.11. The van der Waals surface area contributed by atoms with Crippen molar-refractivity contribution >= 4 is 47.6 Å². The molecule has 48 heavy (non-hydrogen) atoms. The van der Waals surface area contributed by atoms with E-state index in [0.29, 0.717) is 41.6 Å². The molecular weight excluding hydrogens is 684 g/mol. The number of hydrogen-bond acceptors (Lipinski definition) is 12. The first-order chi connectivity index (χ1) is 22.3. The molecule has 3 aromatic rings. The standard InChI is InChI=1S/C32H42Cl2N5O8P/c1-29(2,3)46-48(40,47-30(4,5)6)17-41-14-22-23-24(45-31(7,8)44-23)27(43-22)39-26-20(12-35-39)25(36-28(34)37-26)38-15-32(16-38)21-10-9-19(33)11-18(21)13-42-32/h9-12,22-24,27H,13-17H2,1-8H3/t22-,23-,24-,27-/m1/s1. The number of benzene rings is 1. The normalized spacial score (nSPS) is 26.3.